The fourth-order valence-corrected chi connectivity index (χ4v) is 2.54. The van der Waals surface area contributed by atoms with Crippen molar-refractivity contribution in [3.05, 3.63) is 47.5 Å². The third-order valence-corrected chi connectivity index (χ3v) is 3.55. The predicted molar refractivity (Wildman–Crippen MR) is 70.4 cm³/mol. The van der Waals surface area contributed by atoms with Crippen LogP contribution in [0.1, 0.15) is 17.0 Å². The van der Waals surface area contributed by atoms with Crippen molar-refractivity contribution in [2.75, 3.05) is 6.54 Å². The molecule has 1 aromatic heterocycles. The molecule has 1 aliphatic carbocycles. The van der Waals surface area contributed by atoms with Crippen molar-refractivity contribution in [3.8, 4) is 0 Å². The number of aromatic nitrogens is 3. The number of nitrogens with zero attached hydrogens (tertiary/aromatic N) is 2. The molecule has 1 aromatic carbocycles. The Morgan fingerprint density at radius 3 is 2.68 bits per heavy atom. The van der Waals surface area contributed by atoms with E-state index in [2.05, 4.69) is 32.6 Å². The van der Waals surface area contributed by atoms with Gasteiger partial charge in [0, 0.05) is 18.9 Å². The first-order valence-corrected chi connectivity index (χ1v) is 6.51. The molecule has 1 amide bonds. The maximum atomic E-state index is 12.1. The summed E-state index contributed by atoms with van der Waals surface area (Å²) in [6.45, 7) is 0.598. The third kappa shape index (κ3) is 2.65. The van der Waals surface area contributed by atoms with Crippen LogP contribution in [-0.2, 0) is 24.1 Å². The summed E-state index contributed by atoms with van der Waals surface area (Å²) in [7, 11) is 0. The van der Waals surface area contributed by atoms with E-state index in [0.29, 0.717) is 13.0 Å². The molecule has 0 spiro atoms. The normalized spacial score (nSPS) is 14.3. The highest BCUT2D eigenvalue weighted by atomic mass is 16.1. The standard InChI is InChI=1S/C14H16N4O/c19-14(15-6-5-13-16-9-17-18-13)12-7-10-3-1-2-4-11(10)8-12/h1-4,9,12H,5-8H2,(H,15,19)(H,16,17,18). The molecule has 5 nitrogen and oxygen atoms in total. The number of H-pyrrole nitrogens is 1. The molecule has 0 radical (unpaired) electrons. The molecule has 0 aliphatic heterocycles. The Labute approximate surface area is 111 Å². The number of fused-ring (bicyclic) bond motifs is 1. The lowest BCUT2D eigenvalue weighted by atomic mass is 10.1. The van der Waals surface area contributed by atoms with Gasteiger partial charge in [-0.2, -0.15) is 5.10 Å². The molecule has 0 bridgehead atoms. The van der Waals surface area contributed by atoms with E-state index >= 15 is 0 Å². The quantitative estimate of drug-likeness (QED) is 0.853. The Balaban J connectivity index is 1.50. The van der Waals surface area contributed by atoms with Gasteiger partial charge in [-0.15, -0.1) is 0 Å². The fraction of sp³-hybridized carbons (Fsp3) is 0.357. The van der Waals surface area contributed by atoms with E-state index in [4.69, 9.17) is 0 Å². The van der Waals surface area contributed by atoms with E-state index in [9.17, 15) is 4.79 Å². The zero-order chi connectivity index (χ0) is 13.1. The molecule has 0 atom stereocenters. The summed E-state index contributed by atoms with van der Waals surface area (Å²) in [5, 5.41) is 9.53. The highest BCUT2D eigenvalue weighted by Gasteiger charge is 2.26. The average Bonchev–Trinajstić information content (AvgIpc) is 3.07. The van der Waals surface area contributed by atoms with Crippen LogP contribution in [0.3, 0.4) is 0 Å². The number of nitrogens with one attached hydrogen (secondary N) is 2. The van der Waals surface area contributed by atoms with E-state index in [0.717, 1.165) is 18.7 Å². The molecule has 1 heterocycles. The fourth-order valence-electron chi connectivity index (χ4n) is 2.54. The molecule has 0 unspecified atom stereocenters. The Hall–Kier alpha value is -2.17. The van der Waals surface area contributed by atoms with Gasteiger partial charge in [-0.25, -0.2) is 4.98 Å². The van der Waals surface area contributed by atoms with Gasteiger partial charge >= 0.3 is 0 Å². The molecule has 5 heteroatoms. The molecule has 2 aromatic rings. The molecule has 0 saturated carbocycles. The number of carbonyl (C=O) groups excluding carboxylic acids is 1. The number of rotatable bonds is 4. The zero-order valence-electron chi connectivity index (χ0n) is 10.6. The lowest BCUT2D eigenvalue weighted by Crippen LogP contribution is -2.32. The van der Waals surface area contributed by atoms with Gasteiger partial charge in [0.15, 0.2) is 0 Å². The first-order valence-electron chi connectivity index (χ1n) is 6.51. The molecule has 2 N–H and O–H groups in total. The van der Waals surface area contributed by atoms with Crippen LogP contribution in [0, 0.1) is 5.92 Å². The lowest BCUT2D eigenvalue weighted by Gasteiger charge is -2.09. The molecule has 1 aliphatic rings. The summed E-state index contributed by atoms with van der Waals surface area (Å²) in [6, 6.07) is 8.28. The van der Waals surface area contributed by atoms with Gasteiger partial charge in [-0.3, -0.25) is 9.89 Å². The van der Waals surface area contributed by atoms with E-state index < -0.39 is 0 Å². The summed E-state index contributed by atoms with van der Waals surface area (Å²) in [6.07, 6.45) is 3.87. The van der Waals surface area contributed by atoms with Crippen LogP contribution in [0.5, 0.6) is 0 Å². The lowest BCUT2D eigenvalue weighted by molar-refractivity contribution is -0.124. The van der Waals surface area contributed by atoms with E-state index in [1.165, 1.54) is 17.5 Å². The second kappa shape index (κ2) is 5.22. The monoisotopic (exact) mass is 256 g/mol. The van der Waals surface area contributed by atoms with Gasteiger partial charge in [-0.05, 0) is 24.0 Å². The van der Waals surface area contributed by atoms with Crippen molar-refractivity contribution in [3.63, 3.8) is 0 Å². The van der Waals surface area contributed by atoms with Crippen LogP contribution < -0.4 is 5.32 Å². The number of benzene rings is 1. The molecule has 3 rings (SSSR count). The van der Waals surface area contributed by atoms with Crippen molar-refractivity contribution in [1.82, 2.24) is 20.5 Å². The van der Waals surface area contributed by atoms with Gasteiger partial charge in [0.05, 0.1) is 0 Å². The van der Waals surface area contributed by atoms with Gasteiger partial charge in [0.25, 0.3) is 0 Å². The average molecular weight is 256 g/mol. The second-order valence-electron chi connectivity index (χ2n) is 4.85. The van der Waals surface area contributed by atoms with Crippen molar-refractivity contribution in [2.24, 2.45) is 5.92 Å². The van der Waals surface area contributed by atoms with Crippen molar-refractivity contribution in [2.45, 2.75) is 19.3 Å². The Morgan fingerprint density at radius 1 is 1.32 bits per heavy atom. The first kappa shape index (κ1) is 11.9. The summed E-state index contributed by atoms with van der Waals surface area (Å²) in [4.78, 5) is 16.1. The SMILES string of the molecule is O=C(NCCc1ncn[nH]1)C1Cc2ccccc2C1. The first-order chi connectivity index (χ1) is 9.33. The van der Waals surface area contributed by atoms with Crippen LogP contribution >= 0.6 is 0 Å². The van der Waals surface area contributed by atoms with Crippen LogP contribution in [0.4, 0.5) is 0 Å². The number of hydrogen-bond donors (Lipinski definition) is 2. The Morgan fingerprint density at radius 2 is 2.05 bits per heavy atom. The zero-order valence-corrected chi connectivity index (χ0v) is 10.6. The van der Waals surface area contributed by atoms with Crippen LogP contribution in [0.15, 0.2) is 30.6 Å². The minimum atomic E-state index is 0.0760. The molecule has 0 saturated heterocycles. The maximum Gasteiger partial charge on any atom is 0.223 e. The van der Waals surface area contributed by atoms with Crippen LogP contribution in [0.25, 0.3) is 0 Å². The van der Waals surface area contributed by atoms with Gasteiger partial charge in [0.2, 0.25) is 5.91 Å². The Kier molecular flexibility index (Phi) is 3.27. The van der Waals surface area contributed by atoms with Crippen LogP contribution in [0.2, 0.25) is 0 Å². The highest BCUT2D eigenvalue weighted by molar-refractivity contribution is 5.80. The number of amides is 1. The van der Waals surface area contributed by atoms with Gasteiger partial charge < -0.3 is 5.32 Å². The number of aromatic amines is 1. The third-order valence-electron chi connectivity index (χ3n) is 3.55. The molecular formula is C14H16N4O. The topological polar surface area (TPSA) is 70.7 Å². The largest absolute Gasteiger partial charge is 0.355 e. The predicted octanol–water partition coefficient (Wildman–Crippen LogP) is 0.878. The van der Waals surface area contributed by atoms with Crippen molar-refractivity contribution in [1.29, 1.82) is 0 Å². The minimum Gasteiger partial charge on any atom is -0.355 e. The maximum absolute atomic E-state index is 12.1. The minimum absolute atomic E-state index is 0.0760. The van der Waals surface area contributed by atoms with Crippen molar-refractivity contribution >= 4 is 5.91 Å². The van der Waals surface area contributed by atoms with Crippen LogP contribution in [-0.4, -0.2) is 27.6 Å². The highest BCUT2D eigenvalue weighted by Crippen LogP contribution is 2.26. The molecular weight excluding hydrogens is 240 g/mol. The molecule has 98 valence electrons. The van der Waals surface area contributed by atoms with Crippen molar-refractivity contribution < 1.29 is 4.79 Å². The smallest absolute Gasteiger partial charge is 0.223 e. The van der Waals surface area contributed by atoms with Gasteiger partial charge in [0.1, 0.15) is 12.2 Å². The van der Waals surface area contributed by atoms with E-state index in [1.807, 2.05) is 12.1 Å². The number of hydrogen-bond acceptors (Lipinski definition) is 3. The van der Waals surface area contributed by atoms with E-state index in [1.54, 1.807) is 0 Å². The summed E-state index contributed by atoms with van der Waals surface area (Å²) in [5.74, 6) is 1.01. The van der Waals surface area contributed by atoms with E-state index in [-0.39, 0.29) is 11.8 Å². The number of carbonyl (C=O) groups is 1. The Bertz CT molecular complexity index is 540. The second-order valence-corrected chi connectivity index (χ2v) is 4.85. The summed E-state index contributed by atoms with van der Waals surface area (Å²) >= 11 is 0. The van der Waals surface area contributed by atoms with Gasteiger partial charge in [-0.1, -0.05) is 24.3 Å². The summed E-state index contributed by atoms with van der Waals surface area (Å²) in [5.41, 5.74) is 2.61. The summed E-state index contributed by atoms with van der Waals surface area (Å²) < 4.78 is 0. The molecule has 0 fully saturated rings. The molecule has 19 heavy (non-hydrogen) atoms.